The summed E-state index contributed by atoms with van der Waals surface area (Å²) in [6.45, 7) is 0.646. The molecular formula is C24H27N3O5. The minimum absolute atomic E-state index is 0.0471. The third-order valence-corrected chi connectivity index (χ3v) is 6.07. The van der Waals surface area contributed by atoms with Crippen LogP contribution in [0.1, 0.15) is 47.6 Å². The third kappa shape index (κ3) is 4.26. The zero-order valence-electron chi connectivity index (χ0n) is 18.2. The lowest BCUT2D eigenvalue weighted by atomic mass is 10.0. The molecule has 168 valence electrons. The van der Waals surface area contributed by atoms with Gasteiger partial charge < -0.3 is 25.0 Å². The van der Waals surface area contributed by atoms with Crippen molar-refractivity contribution in [1.82, 2.24) is 10.2 Å². The smallest absolute Gasteiger partial charge is 0.254 e. The minimum atomic E-state index is -0.768. The van der Waals surface area contributed by atoms with Gasteiger partial charge >= 0.3 is 0 Å². The van der Waals surface area contributed by atoms with Crippen molar-refractivity contribution < 1.29 is 23.9 Å². The third-order valence-electron chi connectivity index (χ3n) is 6.07. The van der Waals surface area contributed by atoms with E-state index in [1.165, 1.54) is 0 Å². The van der Waals surface area contributed by atoms with E-state index in [4.69, 9.17) is 9.47 Å². The number of fused-ring (bicyclic) bond motifs is 1. The van der Waals surface area contributed by atoms with Crippen LogP contribution in [0.2, 0.25) is 0 Å². The minimum Gasteiger partial charge on any atom is -0.497 e. The van der Waals surface area contributed by atoms with Gasteiger partial charge in [-0.2, -0.15) is 0 Å². The number of anilines is 1. The summed E-state index contributed by atoms with van der Waals surface area (Å²) in [5.74, 6) is 0.693. The Balaban J connectivity index is 1.44. The van der Waals surface area contributed by atoms with Gasteiger partial charge in [0.05, 0.1) is 31.5 Å². The number of hydrogen-bond acceptors (Lipinski definition) is 5. The van der Waals surface area contributed by atoms with Crippen LogP contribution in [0.3, 0.4) is 0 Å². The molecule has 3 amide bonds. The van der Waals surface area contributed by atoms with Crippen LogP contribution in [-0.4, -0.2) is 49.4 Å². The average Bonchev–Trinajstić information content (AvgIpc) is 3.26. The Hall–Kier alpha value is -3.55. The highest BCUT2D eigenvalue weighted by atomic mass is 16.5. The number of rotatable bonds is 6. The fourth-order valence-electron chi connectivity index (χ4n) is 4.41. The summed E-state index contributed by atoms with van der Waals surface area (Å²) >= 11 is 0. The molecule has 0 bridgehead atoms. The highest BCUT2D eigenvalue weighted by Gasteiger charge is 2.33. The molecule has 0 unspecified atom stereocenters. The molecule has 1 fully saturated rings. The number of hydrogen-bond donors (Lipinski definition) is 2. The number of nitrogens with one attached hydrogen (secondary N) is 2. The molecule has 0 aromatic heterocycles. The Morgan fingerprint density at radius 3 is 2.72 bits per heavy atom. The molecule has 2 N–H and O–H groups in total. The van der Waals surface area contributed by atoms with E-state index in [9.17, 15) is 14.4 Å². The second-order valence-corrected chi connectivity index (χ2v) is 7.95. The lowest BCUT2D eigenvalue weighted by molar-refractivity contribution is -0.132. The van der Waals surface area contributed by atoms with Gasteiger partial charge in [0, 0.05) is 24.6 Å². The van der Waals surface area contributed by atoms with Crippen LogP contribution in [0.5, 0.6) is 11.5 Å². The molecule has 32 heavy (non-hydrogen) atoms. The fraction of sp³-hybridized carbons (Fsp3) is 0.375. The lowest BCUT2D eigenvalue weighted by Gasteiger charge is -2.27. The summed E-state index contributed by atoms with van der Waals surface area (Å²) < 4.78 is 10.8. The Kier molecular flexibility index (Phi) is 6.30. The van der Waals surface area contributed by atoms with Crippen LogP contribution in [-0.2, 0) is 9.59 Å². The van der Waals surface area contributed by atoms with E-state index >= 15 is 0 Å². The van der Waals surface area contributed by atoms with E-state index in [1.807, 2.05) is 23.1 Å². The summed E-state index contributed by atoms with van der Waals surface area (Å²) in [5, 5.41) is 5.53. The van der Waals surface area contributed by atoms with Crippen molar-refractivity contribution in [1.29, 1.82) is 0 Å². The monoisotopic (exact) mass is 437 g/mol. The van der Waals surface area contributed by atoms with Crippen molar-refractivity contribution in [2.24, 2.45) is 0 Å². The summed E-state index contributed by atoms with van der Waals surface area (Å²) in [4.78, 5) is 40.1. The topological polar surface area (TPSA) is 97.0 Å². The maximum Gasteiger partial charge on any atom is 0.254 e. The molecule has 2 aromatic carbocycles. The van der Waals surface area contributed by atoms with E-state index in [-0.39, 0.29) is 36.6 Å². The molecule has 1 saturated heterocycles. The van der Waals surface area contributed by atoms with E-state index in [0.29, 0.717) is 29.3 Å². The zero-order valence-corrected chi connectivity index (χ0v) is 18.2. The molecule has 8 nitrogen and oxygen atoms in total. The molecule has 2 heterocycles. The van der Waals surface area contributed by atoms with E-state index in [1.54, 1.807) is 38.5 Å². The molecule has 0 spiro atoms. The van der Waals surface area contributed by atoms with Gasteiger partial charge in [-0.25, -0.2) is 0 Å². The lowest BCUT2D eigenvalue weighted by Crippen LogP contribution is -2.42. The SMILES string of the molecule is COc1ccc([C@H]2CCCN2C(=O)CC[C@H]2NC(=O)c3ccccc3NC2=O)c(OC)c1. The molecule has 2 aliphatic rings. The average molecular weight is 437 g/mol. The number of nitrogens with zero attached hydrogens (tertiary/aromatic N) is 1. The molecule has 2 atom stereocenters. The van der Waals surface area contributed by atoms with Crippen molar-refractivity contribution in [3.8, 4) is 11.5 Å². The first-order valence-electron chi connectivity index (χ1n) is 10.7. The second-order valence-electron chi connectivity index (χ2n) is 7.95. The largest absolute Gasteiger partial charge is 0.497 e. The van der Waals surface area contributed by atoms with Gasteiger partial charge in [-0.3, -0.25) is 14.4 Å². The molecule has 0 saturated carbocycles. The number of methoxy groups -OCH3 is 2. The summed E-state index contributed by atoms with van der Waals surface area (Å²) in [5.41, 5.74) is 1.84. The van der Waals surface area contributed by atoms with Crippen LogP contribution < -0.4 is 20.1 Å². The molecule has 0 aliphatic carbocycles. The van der Waals surface area contributed by atoms with Crippen LogP contribution in [0.15, 0.2) is 42.5 Å². The van der Waals surface area contributed by atoms with Crippen molar-refractivity contribution in [2.45, 2.75) is 37.8 Å². The van der Waals surface area contributed by atoms with E-state index < -0.39 is 6.04 Å². The number of amides is 3. The maximum absolute atomic E-state index is 13.1. The molecule has 8 heteroatoms. The molecule has 0 radical (unpaired) electrons. The van der Waals surface area contributed by atoms with Crippen molar-refractivity contribution in [2.75, 3.05) is 26.1 Å². The van der Waals surface area contributed by atoms with Gasteiger partial charge in [0.15, 0.2) is 0 Å². The van der Waals surface area contributed by atoms with Crippen LogP contribution in [0.25, 0.3) is 0 Å². The predicted molar refractivity (Wildman–Crippen MR) is 119 cm³/mol. The second kappa shape index (κ2) is 9.30. The number of ether oxygens (including phenoxy) is 2. The fourth-order valence-corrected chi connectivity index (χ4v) is 4.41. The van der Waals surface area contributed by atoms with Crippen molar-refractivity contribution in [3.05, 3.63) is 53.6 Å². The molecular weight excluding hydrogens is 410 g/mol. The van der Waals surface area contributed by atoms with Gasteiger partial charge in [0.2, 0.25) is 11.8 Å². The van der Waals surface area contributed by atoms with Crippen LogP contribution in [0, 0.1) is 0 Å². The first-order valence-corrected chi connectivity index (χ1v) is 10.7. The van der Waals surface area contributed by atoms with Gasteiger partial charge in [0.25, 0.3) is 5.91 Å². The quantitative estimate of drug-likeness (QED) is 0.724. The van der Waals surface area contributed by atoms with Gasteiger partial charge in [-0.1, -0.05) is 12.1 Å². The van der Waals surface area contributed by atoms with Gasteiger partial charge in [0.1, 0.15) is 17.5 Å². The predicted octanol–water partition coefficient (Wildman–Crippen LogP) is 2.90. The van der Waals surface area contributed by atoms with E-state index in [0.717, 1.165) is 18.4 Å². The summed E-state index contributed by atoms with van der Waals surface area (Å²) in [6.07, 6.45) is 2.11. The Bertz CT molecular complexity index is 1040. The Labute approximate surface area is 186 Å². The van der Waals surface area contributed by atoms with Crippen molar-refractivity contribution >= 4 is 23.4 Å². The maximum atomic E-state index is 13.1. The Morgan fingerprint density at radius 2 is 1.94 bits per heavy atom. The number of carbonyl (C=O) groups is 3. The molecule has 4 rings (SSSR count). The first-order chi connectivity index (χ1) is 15.5. The van der Waals surface area contributed by atoms with E-state index in [2.05, 4.69) is 10.6 Å². The number of likely N-dealkylation sites (tertiary alicyclic amines) is 1. The van der Waals surface area contributed by atoms with Gasteiger partial charge in [-0.15, -0.1) is 0 Å². The normalized spacial score (nSPS) is 20.1. The highest BCUT2D eigenvalue weighted by Crippen LogP contribution is 2.39. The summed E-state index contributed by atoms with van der Waals surface area (Å²) in [7, 11) is 3.20. The zero-order chi connectivity index (χ0) is 22.7. The Morgan fingerprint density at radius 1 is 1.12 bits per heavy atom. The standard InChI is InChI=1S/C24H27N3O5/c1-31-15-9-10-17(21(14-15)32-2)20-8-5-13-27(20)22(28)12-11-19-24(30)25-18-7-4-3-6-16(18)23(29)26-19/h3-4,6-7,9-10,14,19-20H,5,8,11-13H2,1-2H3,(H,25,30)(H,26,29)/t19-,20-/m1/s1. The van der Waals surface area contributed by atoms with Crippen LogP contribution in [0.4, 0.5) is 5.69 Å². The van der Waals surface area contributed by atoms with Crippen molar-refractivity contribution in [3.63, 3.8) is 0 Å². The first kappa shape index (κ1) is 21.7. The molecule has 2 aromatic rings. The molecule has 2 aliphatic heterocycles. The van der Waals surface area contributed by atoms with Crippen LogP contribution >= 0.6 is 0 Å². The van der Waals surface area contributed by atoms with Gasteiger partial charge in [-0.05, 0) is 43.5 Å². The summed E-state index contributed by atoms with van der Waals surface area (Å²) in [6, 6.07) is 11.6. The number of benzene rings is 2. The number of carbonyl (C=O) groups excluding carboxylic acids is 3. The number of para-hydroxylation sites is 1. The highest BCUT2D eigenvalue weighted by molar-refractivity contribution is 6.09.